The maximum absolute atomic E-state index is 11.1. The fourth-order valence-electron chi connectivity index (χ4n) is 3.57. The average Bonchev–Trinajstić information content (AvgIpc) is 3.29. The van der Waals surface area contributed by atoms with E-state index in [9.17, 15) is 10.1 Å². The van der Waals surface area contributed by atoms with E-state index in [1.165, 1.54) is 12.1 Å². The van der Waals surface area contributed by atoms with Crippen LogP contribution >= 0.6 is 11.8 Å². The van der Waals surface area contributed by atoms with E-state index < -0.39 is 11.2 Å². The number of thioether (sulfide) groups is 1. The van der Waals surface area contributed by atoms with Crippen LogP contribution in [-0.2, 0) is 0 Å². The molecule has 2 aromatic heterocycles. The highest BCUT2D eigenvalue weighted by atomic mass is 32.2. The van der Waals surface area contributed by atoms with Gasteiger partial charge in [-0.05, 0) is 24.6 Å². The van der Waals surface area contributed by atoms with Crippen molar-refractivity contribution in [3.05, 3.63) is 76.5 Å². The van der Waals surface area contributed by atoms with Crippen LogP contribution in [0.2, 0.25) is 0 Å². The van der Waals surface area contributed by atoms with Crippen LogP contribution in [0.15, 0.2) is 70.2 Å². The van der Waals surface area contributed by atoms with E-state index in [1.807, 2.05) is 24.3 Å². The van der Waals surface area contributed by atoms with E-state index in [0.29, 0.717) is 33.8 Å². The molecule has 3 heterocycles. The molecule has 0 spiro atoms. The van der Waals surface area contributed by atoms with Crippen molar-refractivity contribution in [2.45, 2.75) is 31.1 Å². The first-order valence-corrected chi connectivity index (χ1v) is 11.9. The standard InChI is InChI=1S/C24H21N5O4S/c1-2-3-13-34-24-26-23-21(27-28-24)17-9-4-5-10-18(17)25-22(33-23)20-12-11-19(32-20)15-7-6-8-16(14-15)29(30)31/h4-12,14,22,25H,2-3,13H2,1H3. The minimum atomic E-state index is -0.681. The van der Waals surface area contributed by atoms with Gasteiger partial charge in [-0.3, -0.25) is 10.1 Å². The number of furan rings is 1. The van der Waals surface area contributed by atoms with Crippen molar-refractivity contribution >= 4 is 23.1 Å². The SMILES string of the molecule is CCCCSc1nnc2c(n1)OC(c1ccc(-c3cccc([N+](=O)[O-])c3)o1)Nc1ccccc1-2. The molecule has 1 unspecified atom stereocenters. The molecule has 0 aliphatic carbocycles. The number of hydrogen-bond acceptors (Lipinski definition) is 9. The maximum atomic E-state index is 11.1. The van der Waals surface area contributed by atoms with Crippen molar-refractivity contribution in [2.24, 2.45) is 0 Å². The molecule has 9 nitrogen and oxygen atoms in total. The molecule has 34 heavy (non-hydrogen) atoms. The van der Waals surface area contributed by atoms with Gasteiger partial charge >= 0.3 is 0 Å². The quantitative estimate of drug-likeness (QED) is 0.146. The van der Waals surface area contributed by atoms with Crippen molar-refractivity contribution < 1.29 is 14.1 Å². The normalized spacial score (nSPS) is 14.3. The lowest BCUT2D eigenvalue weighted by atomic mass is 10.1. The Bertz CT molecular complexity index is 1340. The van der Waals surface area contributed by atoms with Crippen LogP contribution in [0, 0.1) is 10.1 Å². The molecule has 172 valence electrons. The van der Waals surface area contributed by atoms with Gasteiger partial charge in [0.15, 0.2) is 11.5 Å². The van der Waals surface area contributed by atoms with Gasteiger partial charge < -0.3 is 14.5 Å². The topological polar surface area (TPSA) is 116 Å². The number of anilines is 1. The van der Waals surface area contributed by atoms with Crippen LogP contribution < -0.4 is 10.1 Å². The second-order valence-electron chi connectivity index (χ2n) is 7.65. The Morgan fingerprint density at radius 2 is 2.00 bits per heavy atom. The number of hydrogen-bond donors (Lipinski definition) is 1. The van der Waals surface area contributed by atoms with Gasteiger partial charge in [0, 0.05) is 34.7 Å². The molecule has 0 fully saturated rings. The van der Waals surface area contributed by atoms with Crippen LogP contribution in [-0.4, -0.2) is 25.9 Å². The first-order chi connectivity index (χ1) is 16.6. The highest BCUT2D eigenvalue weighted by Crippen LogP contribution is 2.40. The summed E-state index contributed by atoms with van der Waals surface area (Å²) in [7, 11) is 0. The number of nitrogens with one attached hydrogen (secondary N) is 1. The van der Waals surface area contributed by atoms with E-state index in [1.54, 1.807) is 36.0 Å². The first-order valence-electron chi connectivity index (χ1n) is 10.9. The predicted octanol–water partition coefficient (Wildman–Crippen LogP) is 6.10. The smallest absolute Gasteiger partial charge is 0.270 e. The number of unbranched alkanes of at least 4 members (excludes halogenated alkanes) is 1. The van der Waals surface area contributed by atoms with Crippen LogP contribution in [0.25, 0.3) is 22.6 Å². The van der Waals surface area contributed by atoms with Crippen molar-refractivity contribution in [3.63, 3.8) is 0 Å². The monoisotopic (exact) mass is 475 g/mol. The van der Waals surface area contributed by atoms with Crippen LogP contribution in [0.4, 0.5) is 11.4 Å². The second kappa shape index (κ2) is 9.52. The number of nitrogens with zero attached hydrogens (tertiary/aromatic N) is 4. The molecule has 0 amide bonds. The minimum Gasteiger partial charge on any atom is -0.455 e. The van der Waals surface area contributed by atoms with Gasteiger partial charge in [-0.15, -0.1) is 10.2 Å². The number of para-hydroxylation sites is 1. The lowest BCUT2D eigenvalue weighted by Gasteiger charge is -2.16. The highest BCUT2D eigenvalue weighted by Gasteiger charge is 2.28. The Balaban J connectivity index is 1.49. The van der Waals surface area contributed by atoms with Gasteiger partial charge in [0.1, 0.15) is 5.76 Å². The van der Waals surface area contributed by atoms with Gasteiger partial charge in [-0.1, -0.05) is 55.4 Å². The van der Waals surface area contributed by atoms with E-state index >= 15 is 0 Å². The highest BCUT2D eigenvalue weighted by molar-refractivity contribution is 7.99. The molecule has 4 aromatic rings. The molecule has 2 aromatic carbocycles. The van der Waals surface area contributed by atoms with Crippen LogP contribution in [0.3, 0.4) is 0 Å². The predicted molar refractivity (Wildman–Crippen MR) is 129 cm³/mol. The lowest BCUT2D eigenvalue weighted by Crippen LogP contribution is -2.16. The van der Waals surface area contributed by atoms with Crippen molar-refractivity contribution in [1.82, 2.24) is 15.2 Å². The Kier molecular flexibility index (Phi) is 6.13. The molecule has 10 heteroatoms. The van der Waals surface area contributed by atoms with Crippen molar-refractivity contribution in [2.75, 3.05) is 11.1 Å². The average molecular weight is 476 g/mol. The number of fused-ring (bicyclic) bond motifs is 3. The lowest BCUT2D eigenvalue weighted by molar-refractivity contribution is -0.384. The largest absolute Gasteiger partial charge is 0.455 e. The zero-order chi connectivity index (χ0) is 23.5. The fourth-order valence-corrected chi connectivity index (χ4v) is 4.43. The van der Waals surface area contributed by atoms with E-state index in [-0.39, 0.29) is 5.69 Å². The second-order valence-corrected chi connectivity index (χ2v) is 8.71. The van der Waals surface area contributed by atoms with Gasteiger partial charge in [0.05, 0.1) is 4.92 Å². The Morgan fingerprint density at radius 3 is 2.85 bits per heavy atom. The first kappa shape index (κ1) is 21.9. The summed E-state index contributed by atoms with van der Waals surface area (Å²) in [5.41, 5.74) is 2.79. The van der Waals surface area contributed by atoms with Gasteiger partial charge in [0.25, 0.3) is 5.69 Å². The summed E-state index contributed by atoms with van der Waals surface area (Å²) in [6.07, 6.45) is 1.47. The summed E-state index contributed by atoms with van der Waals surface area (Å²) < 4.78 is 12.3. The number of non-ortho nitro benzene ring substituents is 1. The molecule has 0 saturated carbocycles. The third-order valence-electron chi connectivity index (χ3n) is 5.29. The summed E-state index contributed by atoms with van der Waals surface area (Å²) in [4.78, 5) is 15.3. The summed E-state index contributed by atoms with van der Waals surface area (Å²) in [6, 6.07) is 17.6. The summed E-state index contributed by atoms with van der Waals surface area (Å²) in [5.74, 6) is 2.27. The van der Waals surface area contributed by atoms with Crippen LogP contribution in [0.5, 0.6) is 5.88 Å². The van der Waals surface area contributed by atoms with Crippen LogP contribution in [0.1, 0.15) is 31.8 Å². The molecule has 0 saturated heterocycles. The Labute approximate surface area is 199 Å². The van der Waals surface area contributed by atoms with E-state index in [2.05, 4.69) is 27.4 Å². The summed E-state index contributed by atoms with van der Waals surface area (Å²) >= 11 is 1.54. The zero-order valence-electron chi connectivity index (χ0n) is 18.3. The Morgan fingerprint density at radius 1 is 1.12 bits per heavy atom. The van der Waals surface area contributed by atoms with Gasteiger partial charge in [0.2, 0.25) is 17.3 Å². The Hall–Kier alpha value is -3.92. The summed E-state index contributed by atoms with van der Waals surface area (Å²) in [5, 5.41) is 23.7. The molecule has 1 aliphatic rings. The third-order valence-corrected chi connectivity index (χ3v) is 6.21. The number of benzene rings is 2. The third kappa shape index (κ3) is 4.44. The number of rotatable bonds is 7. The molecule has 1 N–H and O–H groups in total. The van der Waals surface area contributed by atoms with Gasteiger partial charge in [-0.2, -0.15) is 4.98 Å². The van der Waals surface area contributed by atoms with E-state index in [0.717, 1.165) is 29.8 Å². The molecule has 1 atom stereocenters. The van der Waals surface area contributed by atoms with E-state index in [4.69, 9.17) is 9.15 Å². The maximum Gasteiger partial charge on any atom is 0.270 e. The molecule has 1 aliphatic heterocycles. The molecule has 5 rings (SSSR count). The number of nitro benzene ring substituents is 1. The number of aromatic nitrogens is 3. The molecule has 0 bridgehead atoms. The molecular formula is C24H21N5O4S. The molecular weight excluding hydrogens is 454 g/mol. The number of ether oxygens (including phenoxy) is 1. The fraction of sp³-hybridized carbons (Fsp3) is 0.208. The van der Waals surface area contributed by atoms with Gasteiger partial charge in [-0.25, -0.2) is 0 Å². The van der Waals surface area contributed by atoms with Crippen molar-refractivity contribution in [3.8, 4) is 28.5 Å². The zero-order valence-corrected chi connectivity index (χ0v) is 19.1. The minimum absolute atomic E-state index is 0.00183. The molecule has 0 radical (unpaired) electrons. The summed E-state index contributed by atoms with van der Waals surface area (Å²) in [6.45, 7) is 2.14. The van der Waals surface area contributed by atoms with Crippen molar-refractivity contribution in [1.29, 1.82) is 0 Å². The number of nitro groups is 1.